The number of piperidine rings is 1. The van der Waals surface area contributed by atoms with E-state index in [2.05, 4.69) is 10.2 Å². The average molecular weight is 330 g/mol. The largest absolute Gasteiger partial charge is 0.461 e. The molecule has 0 aliphatic carbocycles. The molecule has 3 rings (SSSR count). The molecular weight excluding hydrogens is 304 g/mol. The van der Waals surface area contributed by atoms with Gasteiger partial charge in [0.05, 0.1) is 6.61 Å². The molecule has 0 spiro atoms. The van der Waals surface area contributed by atoms with Crippen LogP contribution in [-0.2, 0) is 4.74 Å². The van der Waals surface area contributed by atoms with Gasteiger partial charge in [0.25, 0.3) is 5.91 Å². The van der Waals surface area contributed by atoms with Crippen molar-refractivity contribution in [2.45, 2.75) is 19.8 Å². The van der Waals surface area contributed by atoms with Gasteiger partial charge in [-0.2, -0.15) is 0 Å². The first kappa shape index (κ1) is 17.0. The minimum atomic E-state index is -0.00947. The van der Waals surface area contributed by atoms with Gasteiger partial charge in [-0.1, -0.05) is 0 Å². The SMILES string of the molecule is COCCN1CCC[C@@H](CNC(=O)c2ccc3oc(C)cc3c2)C1. The number of carbonyl (C=O) groups is 1. The summed E-state index contributed by atoms with van der Waals surface area (Å²) in [5, 5.41) is 4.06. The fraction of sp³-hybridized carbons (Fsp3) is 0.526. The molecule has 1 aliphatic heterocycles. The van der Waals surface area contributed by atoms with Gasteiger partial charge in [-0.25, -0.2) is 0 Å². The Balaban J connectivity index is 1.54. The number of rotatable bonds is 6. The molecule has 0 bridgehead atoms. The number of fused-ring (bicyclic) bond motifs is 1. The lowest BCUT2D eigenvalue weighted by atomic mass is 9.98. The molecule has 1 N–H and O–H groups in total. The number of ether oxygens (including phenoxy) is 1. The molecule has 1 amide bonds. The fourth-order valence-corrected chi connectivity index (χ4v) is 3.40. The van der Waals surface area contributed by atoms with Crippen molar-refractivity contribution in [1.82, 2.24) is 10.2 Å². The Hall–Kier alpha value is -1.85. The highest BCUT2D eigenvalue weighted by Gasteiger charge is 2.20. The molecule has 5 nitrogen and oxygen atoms in total. The van der Waals surface area contributed by atoms with Crippen LogP contribution >= 0.6 is 0 Å². The van der Waals surface area contributed by atoms with Gasteiger partial charge in [0, 0.05) is 37.7 Å². The number of benzene rings is 1. The topological polar surface area (TPSA) is 54.7 Å². The summed E-state index contributed by atoms with van der Waals surface area (Å²) in [4.78, 5) is 14.8. The number of aryl methyl sites for hydroxylation is 1. The molecule has 1 atom stereocenters. The summed E-state index contributed by atoms with van der Waals surface area (Å²) >= 11 is 0. The van der Waals surface area contributed by atoms with E-state index in [-0.39, 0.29) is 5.91 Å². The van der Waals surface area contributed by atoms with Crippen LogP contribution in [0.3, 0.4) is 0 Å². The molecule has 1 fully saturated rings. The summed E-state index contributed by atoms with van der Waals surface area (Å²) in [6.07, 6.45) is 2.36. The number of hydrogen-bond acceptors (Lipinski definition) is 4. The zero-order valence-electron chi connectivity index (χ0n) is 14.5. The highest BCUT2D eigenvalue weighted by atomic mass is 16.5. The van der Waals surface area contributed by atoms with E-state index < -0.39 is 0 Å². The third kappa shape index (κ3) is 4.16. The third-order valence-electron chi connectivity index (χ3n) is 4.67. The van der Waals surface area contributed by atoms with E-state index in [4.69, 9.17) is 9.15 Å². The van der Waals surface area contributed by atoms with Crippen LogP contribution in [0.1, 0.15) is 29.0 Å². The Kier molecular flexibility index (Phi) is 5.53. The Morgan fingerprint density at radius 1 is 1.42 bits per heavy atom. The van der Waals surface area contributed by atoms with Crippen molar-refractivity contribution >= 4 is 16.9 Å². The summed E-state index contributed by atoms with van der Waals surface area (Å²) in [5.74, 6) is 1.37. The van der Waals surface area contributed by atoms with E-state index in [1.54, 1.807) is 7.11 Å². The van der Waals surface area contributed by atoms with E-state index in [0.717, 1.165) is 49.5 Å². The number of nitrogens with one attached hydrogen (secondary N) is 1. The van der Waals surface area contributed by atoms with Crippen LogP contribution in [0.15, 0.2) is 28.7 Å². The minimum absolute atomic E-state index is 0.00947. The van der Waals surface area contributed by atoms with Crippen LogP contribution in [0.4, 0.5) is 0 Å². The summed E-state index contributed by atoms with van der Waals surface area (Å²) in [7, 11) is 1.74. The Morgan fingerprint density at radius 2 is 2.29 bits per heavy atom. The van der Waals surface area contributed by atoms with Crippen LogP contribution in [0.25, 0.3) is 11.0 Å². The summed E-state index contributed by atoms with van der Waals surface area (Å²) in [6.45, 7) is 6.54. The number of likely N-dealkylation sites (tertiary alicyclic amines) is 1. The van der Waals surface area contributed by atoms with E-state index in [9.17, 15) is 4.79 Å². The highest BCUT2D eigenvalue weighted by Crippen LogP contribution is 2.20. The molecule has 0 unspecified atom stereocenters. The lowest BCUT2D eigenvalue weighted by Gasteiger charge is -2.32. The number of nitrogens with zero attached hydrogens (tertiary/aromatic N) is 1. The zero-order chi connectivity index (χ0) is 16.9. The maximum atomic E-state index is 12.4. The maximum Gasteiger partial charge on any atom is 0.251 e. The quantitative estimate of drug-likeness (QED) is 0.885. The van der Waals surface area contributed by atoms with E-state index in [1.165, 1.54) is 12.8 Å². The van der Waals surface area contributed by atoms with E-state index >= 15 is 0 Å². The second-order valence-electron chi connectivity index (χ2n) is 6.62. The monoisotopic (exact) mass is 330 g/mol. The Bertz CT molecular complexity index is 695. The van der Waals surface area contributed by atoms with Crippen molar-refractivity contribution in [2.24, 2.45) is 5.92 Å². The lowest BCUT2D eigenvalue weighted by molar-refractivity contribution is 0.0913. The first-order valence-corrected chi connectivity index (χ1v) is 8.65. The van der Waals surface area contributed by atoms with Crippen molar-refractivity contribution in [3.63, 3.8) is 0 Å². The van der Waals surface area contributed by atoms with Crippen molar-refractivity contribution < 1.29 is 13.9 Å². The van der Waals surface area contributed by atoms with Crippen LogP contribution in [0.2, 0.25) is 0 Å². The number of methoxy groups -OCH3 is 1. The van der Waals surface area contributed by atoms with Gasteiger partial charge >= 0.3 is 0 Å². The summed E-state index contributed by atoms with van der Waals surface area (Å²) in [6, 6.07) is 7.55. The fourth-order valence-electron chi connectivity index (χ4n) is 3.40. The van der Waals surface area contributed by atoms with E-state index in [0.29, 0.717) is 11.5 Å². The highest BCUT2D eigenvalue weighted by molar-refractivity contribution is 5.97. The number of carbonyl (C=O) groups excluding carboxylic acids is 1. The molecule has 2 heterocycles. The third-order valence-corrected chi connectivity index (χ3v) is 4.67. The smallest absolute Gasteiger partial charge is 0.251 e. The van der Waals surface area contributed by atoms with Gasteiger partial charge in [-0.15, -0.1) is 0 Å². The van der Waals surface area contributed by atoms with Crippen LogP contribution in [0, 0.1) is 12.8 Å². The first-order valence-electron chi connectivity index (χ1n) is 8.65. The first-order chi connectivity index (χ1) is 11.7. The van der Waals surface area contributed by atoms with Crippen molar-refractivity contribution in [1.29, 1.82) is 0 Å². The number of amides is 1. The molecule has 1 aromatic heterocycles. The van der Waals surface area contributed by atoms with Crippen LogP contribution in [-0.4, -0.2) is 50.7 Å². The number of hydrogen-bond donors (Lipinski definition) is 1. The Labute approximate surface area is 143 Å². The van der Waals surface area contributed by atoms with Gasteiger partial charge in [-0.3, -0.25) is 4.79 Å². The zero-order valence-corrected chi connectivity index (χ0v) is 14.5. The van der Waals surface area contributed by atoms with Gasteiger partial charge in [0.2, 0.25) is 0 Å². The van der Waals surface area contributed by atoms with Gasteiger partial charge < -0.3 is 19.4 Å². The average Bonchev–Trinajstić information content (AvgIpc) is 2.97. The second-order valence-corrected chi connectivity index (χ2v) is 6.62. The molecule has 2 aromatic rings. The standard InChI is InChI=1S/C19H26N2O3/c1-14-10-17-11-16(5-6-18(17)24-14)19(22)20-12-15-4-3-7-21(13-15)8-9-23-2/h5-6,10-11,15H,3-4,7-9,12-13H2,1-2H3,(H,20,22)/t15-/m0/s1. The normalized spacial score (nSPS) is 18.8. The molecule has 1 aromatic carbocycles. The molecule has 0 radical (unpaired) electrons. The van der Waals surface area contributed by atoms with Gasteiger partial charge in [-0.05, 0) is 56.5 Å². The van der Waals surface area contributed by atoms with Gasteiger partial charge in [0.1, 0.15) is 11.3 Å². The van der Waals surface area contributed by atoms with Gasteiger partial charge in [0.15, 0.2) is 0 Å². The van der Waals surface area contributed by atoms with Crippen molar-refractivity contribution in [2.75, 3.05) is 39.9 Å². The molecule has 1 saturated heterocycles. The molecule has 130 valence electrons. The molecule has 1 aliphatic rings. The maximum absolute atomic E-state index is 12.4. The second kappa shape index (κ2) is 7.81. The Morgan fingerprint density at radius 3 is 3.12 bits per heavy atom. The molecule has 24 heavy (non-hydrogen) atoms. The summed E-state index contributed by atoms with van der Waals surface area (Å²) in [5.41, 5.74) is 1.51. The van der Waals surface area contributed by atoms with E-state index in [1.807, 2.05) is 31.2 Å². The van der Waals surface area contributed by atoms with Crippen molar-refractivity contribution in [3.05, 3.63) is 35.6 Å². The minimum Gasteiger partial charge on any atom is -0.461 e. The molecule has 5 heteroatoms. The summed E-state index contributed by atoms with van der Waals surface area (Å²) < 4.78 is 10.7. The predicted octanol–water partition coefficient (Wildman–Crippen LogP) is 2.83. The van der Waals surface area contributed by atoms with Crippen molar-refractivity contribution in [3.8, 4) is 0 Å². The van der Waals surface area contributed by atoms with Crippen LogP contribution in [0.5, 0.6) is 0 Å². The molecule has 0 saturated carbocycles. The number of furan rings is 1. The predicted molar refractivity (Wildman–Crippen MR) is 94.3 cm³/mol. The molecular formula is C19H26N2O3. The van der Waals surface area contributed by atoms with Crippen LogP contribution < -0.4 is 5.32 Å². The lowest BCUT2D eigenvalue weighted by Crippen LogP contribution is -2.42.